The zero-order valence-corrected chi connectivity index (χ0v) is 11.8. The third-order valence-electron chi connectivity index (χ3n) is 3.85. The molecule has 1 heterocycles. The molecule has 0 bridgehead atoms. The summed E-state index contributed by atoms with van der Waals surface area (Å²) in [6.45, 7) is 2.95. The molecule has 2 atom stereocenters. The molecule has 1 aliphatic rings. The van der Waals surface area contributed by atoms with E-state index in [0.717, 1.165) is 23.3 Å². The van der Waals surface area contributed by atoms with Gasteiger partial charge in [0, 0.05) is 11.6 Å². The Hall–Kier alpha value is -1.78. The molecule has 2 aromatic carbocycles. The quantitative estimate of drug-likeness (QED) is 0.925. The highest BCUT2D eigenvalue weighted by molar-refractivity contribution is 5.32. The molecule has 0 saturated carbocycles. The van der Waals surface area contributed by atoms with E-state index in [1.54, 1.807) is 0 Å². The predicted octanol–water partition coefficient (Wildman–Crippen LogP) is 3.89. The van der Waals surface area contributed by atoms with Crippen molar-refractivity contribution >= 4 is 0 Å². The van der Waals surface area contributed by atoms with Gasteiger partial charge in [-0.1, -0.05) is 24.3 Å². The van der Waals surface area contributed by atoms with Crippen LogP contribution in [0.2, 0.25) is 0 Å². The van der Waals surface area contributed by atoms with E-state index in [-0.39, 0.29) is 12.1 Å². The minimum absolute atomic E-state index is 0.0207. The van der Waals surface area contributed by atoms with E-state index >= 15 is 0 Å². The number of hydrogen-bond donors (Lipinski definition) is 1. The van der Waals surface area contributed by atoms with Gasteiger partial charge in [-0.15, -0.1) is 0 Å². The van der Waals surface area contributed by atoms with Gasteiger partial charge >= 0.3 is 0 Å². The normalized spacial score (nSPS) is 19.1. The van der Waals surface area contributed by atoms with Crippen LogP contribution in [0, 0.1) is 11.6 Å². The zero-order chi connectivity index (χ0) is 14.8. The van der Waals surface area contributed by atoms with Gasteiger partial charge in [0.25, 0.3) is 0 Å². The van der Waals surface area contributed by atoms with Gasteiger partial charge in [0.2, 0.25) is 0 Å². The zero-order valence-electron chi connectivity index (χ0n) is 11.8. The summed E-state index contributed by atoms with van der Waals surface area (Å²) in [6.07, 6.45) is 0. The second-order valence-corrected chi connectivity index (χ2v) is 5.32. The van der Waals surface area contributed by atoms with Crippen LogP contribution >= 0.6 is 0 Å². The van der Waals surface area contributed by atoms with Crippen LogP contribution in [0.5, 0.6) is 0 Å². The van der Waals surface area contributed by atoms with Crippen molar-refractivity contribution in [3.8, 4) is 0 Å². The summed E-state index contributed by atoms with van der Waals surface area (Å²) in [5, 5.41) is 3.33. The topological polar surface area (TPSA) is 21.3 Å². The second-order valence-electron chi connectivity index (χ2n) is 5.32. The van der Waals surface area contributed by atoms with Crippen LogP contribution in [-0.2, 0) is 11.3 Å². The molecule has 2 nitrogen and oxygen atoms in total. The summed E-state index contributed by atoms with van der Waals surface area (Å²) in [5.41, 5.74) is 2.62. The first-order valence-corrected chi connectivity index (χ1v) is 7.01. The van der Waals surface area contributed by atoms with Crippen LogP contribution in [0.1, 0.15) is 35.7 Å². The Morgan fingerprint density at radius 2 is 2.00 bits per heavy atom. The first-order valence-electron chi connectivity index (χ1n) is 7.01. The summed E-state index contributed by atoms with van der Waals surface area (Å²) < 4.78 is 32.7. The average molecular weight is 289 g/mol. The van der Waals surface area contributed by atoms with E-state index in [9.17, 15) is 8.78 Å². The van der Waals surface area contributed by atoms with Crippen LogP contribution in [-0.4, -0.2) is 6.61 Å². The summed E-state index contributed by atoms with van der Waals surface area (Å²) in [7, 11) is 0. The van der Waals surface area contributed by atoms with Crippen LogP contribution < -0.4 is 5.32 Å². The molecule has 0 aliphatic carbocycles. The van der Waals surface area contributed by atoms with E-state index in [0.29, 0.717) is 18.8 Å². The summed E-state index contributed by atoms with van der Waals surface area (Å²) in [5.74, 6) is -0.832. The minimum atomic E-state index is -0.430. The summed E-state index contributed by atoms with van der Waals surface area (Å²) in [6, 6.07) is 11.2. The largest absolute Gasteiger partial charge is 0.375 e. The molecule has 110 valence electrons. The smallest absolute Gasteiger partial charge is 0.128 e. The SMILES string of the molecule is CC(NC1COCc2ccccc21)c1cc(F)ccc1F. The van der Waals surface area contributed by atoms with Crippen molar-refractivity contribution in [2.24, 2.45) is 0 Å². The molecule has 1 N–H and O–H groups in total. The molecule has 1 aliphatic heterocycles. The van der Waals surface area contributed by atoms with E-state index < -0.39 is 11.6 Å². The third-order valence-corrected chi connectivity index (χ3v) is 3.85. The van der Waals surface area contributed by atoms with Crippen LogP contribution in [0.15, 0.2) is 42.5 Å². The van der Waals surface area contributed by atoms with Crippen molar-refractivity contribution in [3.63, 3.8) is 0 Å². The van der Waals surface area contributed by atoms with Gasteiger partial charge in [-0.25, -0.2) is 8.78 Å². The molecule has 0 fully saturated rings. The third kappa shape index (κ3) is 2.96. The molecule has 2 unspecified atom stereocenters. The Balaban J connectivity index is 1.82. The number of fused-ring (bicyclic) bond motifs is 1. The highest BCUT2D eigenvalue weighted by Gasteiger charge is 2.23. The molecule has 0 spiro atoms. The van der Waals surface area contributed by atoms with Gasteiger partial charge in [-0.05, 0) is 36.2 Å². The van der Waals surface area contributed by atoms with Crippen LogP contribution in [0.3, 0.4) is 0 Å². The fourth-order valence-corrected chi connectivity index (χ4v) is 2.76. The van der Waals surface area contributed by atoms with Crippen molar-refractivity contribution in [3.05, 3.63) is 70.8 Å². The molecular weight excluding hydrogens is 272 g/mol. The molecule has 0 saturated heterocycles. The lowest BCUT2D eigenvalue weighted by Crippen LogP contribution is -2.32. The molecule has 21 heavy (non-hydrogen) atoms. The maximum atomic E-state index is 13.8. The predicted molar refractivity (Wildman–Crippen MR) is 76.7 cm³/mol. The van der Waals surface area contributed by atoms with Gasteiger partial charge in [-0.2, -0.15) is 0 Å². The lowest BCUT2D eigenvalue weighted by Gasteiger charge is -2.29. The second kappa shape index (κ2) is 5.92. The van der Waals surface area contributed by atoms with Crippen molar-refractivity contribution in [1.29, 1.82) is 0 Å². The van der Waals surface area contributed by atoms with E-state index in [1.165, 1.54) is 6.07 Å². The highest BCUT2D eigenvalue weighted by Crippen LogP contribution is 2.28. The molecule has 2 aromatic rings. The van der Waals surface area contributed by atoms with Gasteiger partial charge in [0.1, 0.15) is 11.6 Å². The Bertz CT molecular complexity index is 644. The number of halogens is 2. The molecular formula is C17H17F2NO. The van der Waals surface area contributed by atoms with Crippen molar-refractivity contribution in [1.82, 2.24) is 5.32 Å². The monoisotopic (exact) mass is 289 g/mol. The Kier molecular flexibility index (Phi) is 3.99. The number of hydrogen-bond acceptors (Lipinski definition) is 2. The van der Waals surface area contributed by atoms with Gasteiger partial charge in [0.05, 0.1) is 19.3 Å². The molecule has 0 radical (unpaired) electrons. The molecule has 4 heteroatoms. The Morgan fingerprint density at radius 3 is 2.86 bits per heavy atom. The van der Waals surface area contributed by atoms with Gasteiger partial charge < -0.3 is 10.1 Å². The van der Waals surface area contributed by atoms with Crippen LogP contribution in [0.4, 0.5) is 8.78 Å². The number of nitrogens with one attached hydrogen (secondary N) is 1. The Labute approximate surface area is 122 Å². The standard InChI is InChI=1S/C17H17F2NO/c1-11(15-8-13(18)6-7-16(15)19)20-17-10-21-9-12-4-2-3-5-14(12)17/h2-8,11,17,20H,9-10H2,1H3. The van der Waals surface area contributed by atoms with Gasteiger partial charge in [0.15, 0.2) is 0 Å². The lowest BCUT2D eigenvalue weighted by atomic mass is 9.97. The number of benzene rings is 2. The maximum absolute atomic E-state index is 13.8. The first kappa shape index (κ1) is 14.2. The van der Waals surface area contributed by atoms with Crippen molar-refractivity contribution < 1.29 is 13.5 Å². The summed E-state index contributed by atoms with van der Waals surface area (Å²) >= 11 is 0. The van der Waals surface area contributed by atoms with E-state index in [1.807, 2.05) is 31.2 Å². The van der Waals surface area contributed by atoms with Crippen molar-refractivity contribution in [2.75, 3.05) is 6.61 Å². The summed E-state index contributed by atoms with van der Waals surface area (Å²) in [4.78, 5) is 0. The Morgan fingerprint density at radius 1 is 1.19 bits per heavy atom. The fourth-order valence-electron chi connectivity index (χ4n) is 2.76. The lowest BCUT2D eigenvalue weighted by molar-refractivity contribution is 0.0789. The highest BCUT2D eigenvalue weighted by atomic mass is 19.1. The van der Waals surface area contributed by atoms with E-state index in [2.05, 4.69) is 5.32 Å². The molecule has 0 amide bonds. The molecule has 0 aromatic heterocycles. The van der Waals surface area contributed by atoms with Gasteiger partial charge in [-0.3, -0.25) is 0 Å². The average Bonchev–Trinajstić information content (AvgIpc) is 2.50. The van der Waals surface area contributed by atoms with E-state index in [4.69, 9.17) is 4.74 Å². The fraction of sp³-hybridized carbons (Fsp3) is 0.294. The first-order chi connectivity index (χ1) is 10.1. The van der Waals surface area contributed by atoms with Crippen LogP contribution in [0.25, 0.3) is 0 Å². The maximum Gasteiger partial charge on any atom is 0.128 e. The minimum Gasteiger partial charge on any atom is -0.375 e. The van der Waals surface area contributed by atoms with Crippen molar-refractivity contribution in [2.45, 2.75) is 25.6 Å². The number of rotatable bonds is 3. The number of ether oxygens (including phenoxy) is 1. The molecule has 3 rings (SSSR count).